The molecule has 3 rings (SSSR count). The summed E-state index contributed by atoms with van der Waals surface area (Å²) < 4.78 is 2.20. The normalized spacial score (nSPS) is 14.9. The van der Waals surface area contributed by atoms with E-state index in [2.05, 4.69) is 47.0 Å². The molecule has 0 aliphatic heterocycles. The van der Waals surface area contributed by atoms with Crippen molar-refractivity contribution in [3.05, 3.63) is 24.4 Å². The van der Waals surface area contributed by atoms with Gasteiger partial charge >= 0.3 is 0 Å². The van der Waals surface area contributed by atoms with Gasteiger partial charge in [-0.15, -0.1) is 0 Å². The molecule has 0 saturated heterocycles. The smallest absolute Gasteiger partial charge is 0.0706 e. The maximum atomic E-state index is 4.52. The minimum Gasteiger partial charge on any atom is -0.378 e. The van der Waals surface area contributed by atoms with E-state index in [1.807, 2.05) is 20.0 Å². The van der Waals surface area contributed by atoms with Gasteiger partial charge in [0.25, 0.3) is 0 Å². The molecule has 1 aliphatic carbocycles. The Labute approximate surface area is 109 Å². The van der Waals surface area contributed by atoms with E-state index in [-0.39, 0.29) is 0 Å². The zero-order valence-corrected chi connectivity index (χ0v) is 11.8. The number of hydrogen-bond donors (Lipinski definition) is 0. The highest BCUT2D eigenvalue weighted by Gasteiger charge is 2.21. The molecule has 0 atom stereocenters. The highest BCUT2D eigenvalue weighted by molar-refractivity contribution is 5.82. The molecule has 3 heteroatoms. The Balaban J connectivity index is 0.000000574. The minimum atomic E-state index is 0.634. The van der Waals surface area contributed by atoms with Crippen LogP contribution in [0.2, 0.25) is 0 Å². The van der Waals surface area contributed by atoms with Gasteiger partial charge in [-0.05, 0) is 37.5 Å². The maximum Gasteiger partial charge on any atom is 0.0706 e. The Hall–Kier alpha value is -1.51. The Morgan fingerprint density at radius 1 is 1.22 bits per heavy atom. The van der Waals surface area contributed by atoms with E-state index in [0.717, 1.165) is 0 Å². The van der Waals surface area contributed by atoms with E-state index in [9.17, 15) is 0 Å². The van der Waals surface area contributed by atoms with Crippen LogP contribution in [0.15, 0.2) is 24.4 Å². The summed E-state index contributed by atoms with van der Waals surface area (Å²) in [7, 11) is 4.15. The van der Waals surface area contributed by atoms with Crippen molar-refractivity contribution in [1.29, 1.82) is 0 Å². The summed E-state index contributed by atoms with van der Waals surface area (Å²) in [6.45, 7) is 4.00. The summed E-state index contributed by atoms with van der Waals surface area (Å²) in [6, 6.07) is 7.18. The molecule has 0 N–H and O–H groups in total. The molecule has 1 aromatic carbocycles. The van der Waals surface area contributed by atoms with Crippen LogP contribution in [0.5, 0.6) is 0 Å². The molecule has 0 spiro atoms. The largest absolute Gasteiger partial charge is 0.378 e. The van der Waals surface area contributed by atoms with Crippen LogP contribution in [-0.4, -0.2) is 23.9 Å². The zero-order chi connectivity index (χ0) is 13.1. The predicted molar refractivity (Wildman–Crippen MR) is 78.3 cm³/mol. The molecule has 1 fully saturated rings. The first-order valence-corrected chi connectivity index (χ1v) is 6.90. The summed E-state index contributed by atoms with van der Waals surface area (Å²) in [5, 5.41) is 5.76. The molecule has 98 valence electrons. The molecule has 1 aliphatic rings. The van der Waals surface area contributed by atoms with E-state index >= 15 is 0 Å². The molecule has 3 nitrogen and oxygen atoms in total. The lowest BCUT2D eigenvalue weighted by atomic mass is 9.93. The first-order valence-electron chi connectivity index (χ1n) is 6.90. The van der Waals surface area contributed by atoms with Gasteiger partial charge in [0.05, 0.1) is 17.8 Å². The van der Waals surface area contributed by atoms with Gasteiger partial charge < -0.3 is 4.90 Å². The van der Waals surface area contributed by atoms with Crippen LogP contribution in [0, 0.1) is 0 Å². The lowest BCUT2D eigenvalue weighted by molar-refractivity contribution is 0.297. The van der Waals surface area contributed by atoms with Crippen molar-refractivity contribution in [2.45, 2.75) is 39.2 Å². The van der Waals surface area contributed by atoms with Crippen molar-refractivity contribution < 1.29 is 0 Å². The van der Waals surface area contributed by atoms with Gasteiger partial charge in [-0.25, -0.2) is 0 Å². The van der Waals surface area contributed by atoms with Crippen LogP contribution >= 0.6 is 0 Å². The average Bonchev–Trinajstić information content (AvgIpc) is 2.73. The summed E-state index contributed by atoms with van der Waals surface area (Å²) >= 11 is 0. The summed E-state index contributed by atoms with van der Waals surface area (Å²) in [6.07, 6.45) is 5.89. The lowest BCUT2D eigenvalue weighted by Crippen LogP contribution is -2.18. The highest BCUT2D eigenvalue weighted by atomic mass is 15.3. The zero-order valence-electron chi connectivity index (χ0n) is 11.8. The van der Waals surface area contributed by atoms with E-state index in [1.54, 1.807) is 0 Å². The van der Waals surface area contributed by atoms with Gasteiger partial charge in [0, 0.05) is 25.2 Å². The molecule has 1 saturated carbocycles. The van der Waals surface area contributed by atoms with Gasteiger partial charge in [0.1, 0.15) is 0 Å². The third kappa shape index (κ3) is 2.22. The molecule has 1 aromatic heterocycles. The summed E-state index contributed by atoms with van der Waals surface area (Å²) in [5.41, 5.74) is 2.52. The molecular formula is C15H23N3. The van der Waals surface area contributed by atoms with Crippen LogP contribution in [0.25, 0.3) is 10.9 Å². The second-order valence-corrected chi connectivity index (χ2v) is 4.81. The second kappa shape index (κ2) is 5.42. The summed E-state index contributed by atoms with van der Waals surface area (Å²) in [4.78, 5) is 2.14. The van der Waals surface area contributed by atoms with Gasteiger partial charge in [-0.2, -0.15) is 5.10 Å². The fourth-order valence-electron chi connectivity index (χ4n) is 2.23. The summed E-state index contributed by atoms with van der Waals surface area (Å²) in [5.74, 6) is 0. The van der Waals surface area contributed by atoms with E-state index < -0.39 is 0 Å². The van der Waals surface area contributed by atoms with Crippen molar-refractivity contribution in [2.24, 2.45) is 0 Å². The molecule has 0 bridgehead atoms. The number of hydrogen-bond acceptors (Lipinski definition) is 2. The van der Waals surface area contributed by atoms with Gasteiger partial charge in [0.15, 0.2) is 0 Å². The van der Waals surface area contributed by atoms with E-state index in [1.165, 1.54) is 35.9 Å². The average molecular weight is 245 g/mol. The number of aromatic nitrogens is 2. The number of rotatable bonds is 2. The second-order valence-electron chi connectivity index (χ2n) is 4.81. The first-order chi connectivity index (χ1) is 8.75. The Morgan fingerprint density at radius 2 is 1.94 bits per heavy atom. The molecule has 0 amide bonds. The highest BCUT2D eigenvalue weighted by Crippen LogP contribution is 2.34. The maximum absolute atomic E-state index is 4.52. The predicted octanol–water partition coefficient (Wildman–Crippen LogP) is 3.85. The van der Waals surface area contributed by atoms with Crippen molar-refractivity contribution >= 4 is 16.6 Å². The molecular weight excluding hydrogens is 222 g/mol. The Morgan fingerprint density at radius 3 is 2.50 bits per heavy atom. The van der Waals surface area contributed by atoms with Gasteiger partial charge in [0.2, 0.25) is 0 Å². The van der Waals surface area contributed by atoms with Crippen LogP contribution in [0.4, 0.5) is 5.69 Å². The molecule has 0 radical (unpaired) electrons. The lowest BCUT2D eigenvalue weighted by Gasteiger charge is -2.26. The number of anilines is 1. The van der Waals surface area contributed by atoms with Crippen molar-refractivity contribution in [3.8, 4) is 0 Å². The molecule has 1 heterocycles. The van der Waals surface area contributed by atoms with Crippen molar-refractivity contribution in [3.63, 3.8) is 0 Å². The number of benzene rings is 1. The van der Waals surface area contributed by atoms with Crippen molar-refractivity contribution in [2.75, 3.05) is 19.0 Å². The third-order valence-corrected chi connectivity index (χ3v) is 3.52. The van der Waals surface area contributed by atoms with Crippen LogP contribution in [0.3, 0.4) is 0 Å². The standard InChI is InChI=1S/C13H17N3.C2H6/c1-15(2)12-7-6-10-9-14-16(13(10)8-12)11-4-3-5-11;1-2/h6-9,11H,3-5H2,1-2H3;1-2H3. The molecule has 2 aromatic rings. The van der Waals surface area contributed by atoms with E-state index in [0.29, 0.717) is 6.04 Å². The van der Waals surface area contributed by atoms with Crippen molar-refractivity contribution in [1.82, 2.24) is 9.78 Å². The molecule has 18 heavy (non-hydrogen) atoms. The minimum absolute atomic E-state index is 0.634. The van der Waals surface area contributed by atoms with Gasteiger partial charge in [-0.3, -0.25) is 4.68 Å². The van der Waals surface area contributed by atoms with Crippen LogP contribution in [-0.2, 0) is 0 Å². The fourth-order valence-corrected chi connectivity index (χ4v) is 2.23. The monoisotopic (exact) mass is 245 g/mol. The van der Waals surface area contributed by atoms with E-state index in [4.69, 9.17) is 0 Å². The first kappa shape index (κ1) is 12.9. The number of fused-ring (bicyclic) bond motifs is 1. The topological polar surface area (TPSA) is 21.1 Å². The Bertz CT molecular complexity index is 509. The quantitative estimate of drug-likeness (QED) is 0.801. The Kier molecular flexibility index (Phi) is 3.90. The van der Waals surface area contributed by atoms with Gasteiger partial charge in [-0.1, -0.05) is 13.8 Å². The molecule has 0 unspecified atom stereocenters. The third-order valence-electron chi connectivity index (χ3n) is 3.52. The fraction of sp³-hybridized carbons (Fsp3) is 0.533. The number of nitrogens with zero attached hydrogens (tertiary/aromatic N) is 3. The SMILES string of the molecule is CC.CN(C)c1ccc2cnn(C3CCC3)c2c1. The van der Waals surface area contributed by atoms with Crippen LogP contribution < -0.4 is 4.90 Å². The van der Waals surface area contributed by atoms with Crippen LogP contribution in [0.1, 0.15) is 39.2 Å².